The molecule has 11 nitrogen and oxygen atoms in total. The van der Waals surface area contributed by atoms with Crippen molar-refractivity contribution in [2.24, 2.45) is 17.6 Å². The molecule has 7 atom stereocenters. The quantitative estimate of drug-likeness (QED) is 0.345. The molecule has 2 amide bonds. The maximum absolute atomic E-state index is 13.3. The van der Waals surface area contributed by atoms with Gasteiger partial charge in [0.15, 0.2) is 11.9 Å². The molecule has 220 valence electrons. The summed E-state index contributed by atoms with van der Waals surface area (Å²) in [6, 6.07) is 0. The maximum atomic E-state index is 13.3. The third-order valence-electron chi connectivity index (χ3n) is 7.04. The largest absolute Gasteiger partial charge is 0.439 e. The number of fused-ring (bicyclic) bond motifs is 2. The minimum Gasteiger partial charge on any atom is -0.439 e. The first kappa shape index (κ1) is 32.8. The summed E-state index contributed by atoms with van der Waals surface area (Å²) in [6.45, 7) is 6.86. The highest BCUT2D eigenvalue weighted by atomic mass is 16.6. The van der Waals surface area contributed by atoms with E-state index in [1.807, 2.05) is 6.92 Å². The van der Waals surface area contributed by atoms with E-state index in [0.29, 0.717) is 5.57 Å². The van der Waals surface area contributed by atoms with Crippen LogP contribution in [0.2, 0.25) is 0 Å². The topological polar surface area (TPSA) is 163 Å². The first-order valence-corrected chi connectivity index (χ1v) is 12.9. The Kier molecular flexibility index (Phi) is 12.2. The second-order valence-electron chi connectivity index (χ2n) is 10.0. The zero-order valence-electron chi connectivity index (χ0n) is 24.0. The van der Waals surface area contributed by atoms with Gasteiger partial charge in [-0.1, -0.05) is 38.2 Å². The summed E-state index contributed by atoms with van der Waals surface area (Å²) >= 11 is 0. The van der Waals surface area contributed by atoms with Crippen molar-refractivity contribution in [3.05, 3.63) is 58.9 Å². The Morgan fingerprint density at radius 3 is 2.27 bits per heavy atom. The second-order valence-corrected chi connectivity index (χ2v) is 10.0. The van der Waals surface area contributed by atoms with E-state index in [1.54, 1.807) is 26.0 Å². The number of allylic oxidation sites excluding steroid dienone is 5. The molecule has 0 saturated carbocycles. The Balaban J connectivity index is 2.62. The molecule has 0 spiro atoms. The molecule has 2 aliphatic rings. The van der Waals surface area contributed by atoms with Gasteiger partial charge in [0.05, 0.1) is 24.0 Å². The molecule has 0 aromatic heterocycles. The van der Waals surface area contributed by atoms with Crippen LogP contribution in [-0.4, -0.2) is 80.5 Å². The van der Waals surface area contributed by atoms with E-state index in [4.69, 9.17) is 24.7 Å². The summed E-state index contributed by atoms with van der Waals surface area (Å²) < 4.78 is 22.1. The lowest BCUT2D eigenvalue weighted by molar-refractivity contribution is -0.120. The van der Waals surface area contributed by atoms with Crippen molar-refractivity contribution in [1.29, 1.82) is 0 Å². The van der Waals surface area contributed by atoms with Gasteiger partial charge in [-0.3, -0.25) is 14.4 Å². The zero-order chi connectivity index (χ0) is 30.1. The zero-order valence-corrected chi connectivity index (χ0v) is 24.0. The number of ether oxygens (including phenoxy) is 4. The number of rotatable bonds is 4. The average Bonchev–Trinajstić information content (AvgIpc) is 2.90. The van der Waals surface area contributed by atoms with Crippen molar-refractivity contribution < 1.29 is 43.2 Å². The molecule has 1 aliphatic heterocycles. The van der Waals surface area contributed by atoms with Crippen LogP contribution < -0.4 is 11.1 Å². The van der Waals surface area contributed by atoms with E-state index in [9.17, 15) is 24.3 Å². The number of carbonyl (C=O) groups is 4. The van der Waals surface area contributed by atoms with Gasteiger partial charge in [0.25, 0.3) is 5.91 Å². The summed E-state index contributed by atoms with van der Waals surface area (Å²) in [4.78, 5) is 50.4. The molecule has 11 heteroatoms. The van der Waals surface area contributed by atoms with Crippen molar-refractivity contribution >= 4 is 23.6 Å². The highest BCUT2D eigenvalue weighted by Crippen LogP contribution is 2.29. The monoisotopic (exact) mass is 560 g/mol. The number of nitrogens with one attached hydrogen (secondary N) is 1. The van der Waals surface area contributed by atoms with Crippen LogP contribution in [0.25, 0.3) is 0 Å². The Bertz CT molecular complexity index is 1130. The highest BCUT2D eigenvalue weighted by molar-refractivity contribution is 6.22. The predicted molar refractivity (Wildman–Crippen MR) is 147 cm³/mol. The van der Waals surface area contributed by atoms with E-state index in [2.05, 4.69) is 5.32 Å². The van der Waals surface area contributed by atoms with Crippen LogP contribution in [0.3, 0.4) is 0 Å². The summed E-state index contributed by atoms with van der Waals surface area (Å²) in [5.74, 6) is -2.44. The summed E-state index contributed by atoms with van der Waals surface area (Å²) in [6.07, 6.45) is 3.68. The first-order valence-electron chi connectivity index (χ1n) is 12.9. The molecular formula is C29H40N2O9. The van der Waals surface area contributed by atoms with Gasteiger partial charge in [0.2, 0.25) is 5.78 Å². The number of amides is 2. The van der Waals surface area contributed by atoms with Gasteiger partial charge in [0, 0.05) is 44.5 Å². The van der Waals surface area contributed by atoms with Gasteiger partial charge in [0.1, 0.15) is 6.10 Å². The Morgan fingerprint density at radius 2 is 1.70 bits per heavy atom. The molecule has 0 fully saturated rings. The third-order valence-corrected chi connectivity index (χ3v) is 7.04. The number of aliphatic hydroxyl groups excluding tert-OH is 1. The molecular weight excluding hydrogens is 520 g/mol. The molecule has 4 N–H and O–H groups in total. The number of Topliss-reactive ketones (excluding diaryl/α,β-unsaturated/α-hetero) is 1. The standard InChI is InChI=1S/C29H40N2O9/c1-15-9-8-10-22(37-5)27(40-29(30)36)17(3)11-16(2)24(33)23(38-6)12-18(4)26(39-7)20-13-19(32)14-21(25(20)34)31-28(15)35/h8-11,13-14,16,18,22-24,26-27,33H,12H2,1-7H3,(H2,30,36)(H,31,35)/b10-8+,15-9-,17-11-/t16-,18+,22-,23-,24+,26-,27-/m1/s1. The Hall–Kier alpha value is -3.38. The average molecular weight is 561 g/mol. The minimum atomic E-state index is -1.01. The Morgan fingerprint density at radius 1 is 1.02 bits per heavy atom. The van der Waals surface area contributed by atoms with Gasteiger partial charge in [-0.05, 0) is 37.8 Å². The van der Waals surface area contributed by atoms with Crippen LogP contribution >= 0.6 is 0 Å². The van der Waals surface area contributed by atoms with Gasteiger partial charge >= 0.3 is 6.09 Å². The molecule has 40 heavy (non-hydrogen) atoms. The van der Waals surface area contributed by atoms with Crippen molar-refractivity contribution in [3.8, 4) is 0 Å². The molecule has 0 unspecified atom stereocenters. The molecule has 2 bridgehead atoms. The fourth-order valence-corrected chi connectivity index (χ4v) is 4.86. The lowest BCUT2D eigenvalue weighted by atomic mass is 9.84. The van der Waals surface area contributed by atoms with E-state index in [0.717, 1.165) is 6.08 Å². The molecule has 0 radical (unpaired) electrons. The fraction of sp³-hybridized carbons (Fsp3) is 0.517. The highest BCUT2D eigenvalue weighted by Gasteiger charge is 2.35. The van der Waals surface area contributed by atoms with Crippen LogP contribution in [0, 0.1) is 11.8 Å². The van der Waals surface area contributed by atoms with Crippen molar-refractivity contribution in [2.75, 3.05) is 21.3 Å². The SMILES string of the molecule is CO[C@@H]1/C=C/C=C(/C)C(=O)NC2=CC(=O)C=C(C2=O)[C@H](OC)[C@@H](C)C[C@@H](OC)[C@@H](O)[C@H](C)/C=C(/C)[C@H]1OC(N)=O. The van der Waals surface area contributed by atoms with Gasteiger partial charge < -0.3 is 35.1 Å². The van der Waals surface area contributed by atoms with Crippen molar-refractivity contribution in [3.63, 3.8) is 0 Å². The van der Waals surface area contributed by atoms with E-state index in [1.165, 1.54) is 46.5 Å². The first-order chi connectivity index (χ1) is 18.8. The fourth-order valence-electron chi connectivity index (χ4n) is 4.86. The van der Waals surface area contributed by atoms with Crippen LogP contribution in [0.4, 0.5) is 4.79 Å². The number of aliphatic hydroxyl groups is 1. The third kappa shape index (κ3) is 8.31. The van der Waals surface area contributed by atoms with Gasteiger partial charge in [-0.25, -0.2) is 4.79 Å². The van der Waals surface area contributed by atoms with Crippen LogP contribution in [0.15, 0.2) is 58.9 Å². The van der Waals surface area contributed by atoms with Crippen molar-refractivity contribution in [1.82, 2.24) is 5.32 Å². The van der Waals surface area contributed by atoms with E-state index >= 15 is 0 Å². The molecule has 0 aromatic rings. The lowest BCUT2D eigenvalue weighted by Gasteiger charge is -2.32. The maximum Gasteiger partial charge on any atom is 0.405 e. The van der Waals surface area contributed by atoms with Crippen LogP contribution in [0.5, 0.6) is 0 Å². The number of nitrogens with two attached hydrogens (primary N) is 1. The summed E-state index contributed by atoms with van der Waals surface area (Å²) in [5.41, 5.74) is 6.06. The summed E-state index contributed by atoms with van der Waals surface area (Å²) in [7, 11) is 4.31. The number of ketones is 2. The number of hydrogen-bond donors (Lipinski definition) is 3. The molecule has 1 aliphatic carbocycles. The van der Waals surface area contributed by atoms with Crippen LogP contribution in [0.1, 0.15) is 34.1 Å². The number of methoxy groups -OCH3 is 3. The smallest absolute Gasteiger partial charge is 0.405 e. The van der Waals surface area contributed by atoms with Crippen LogP contribution in [-0.2, 0) is 33.3 Å². The Labute approximate surface area is 234 Å². The van der Waals surface area contributed by atoms with Gasteiger partial charge in [-0.15, -0.1) is 0 Å². The summed E-state index contributed by atoms with van der Waals surface area (Å²) in [5, 5.41) is 13.7. The number of hydrogen-bond acceptors (Lipinski definition) is 9. The number of carbonyl (C=O) groups excluding carboxylic acids is 4. The lowest BCUT2D eigenvalue weighted by Crippen LogP contribution is -2.40. The molecule has 0 aromatic carbocycles. The van der Waals surface area contributed by atoms with E-state index < -0.39 is 60.0 Å². The molecule has 1 heterocycles. The minimum absolute atomic E-state index is 0.0970. The molecule has 2 rings (SSSR count). The predicted octanol–water partition coefficient (Wildman–Crippen LogP) is 2.06. The normalized spacial score (nSPS) is 34.4. The molecule has 0 saturated heterocycles. The number of primary amides is 1. The van der Waals surface area contributed by atoms with Crippen molar-refractivity contribution in [2.45, 2.75) is 64.6 Å². The van der Waals surface area contributed by atoms with Gasteiger partial charge in [-0.2, -0.15) is 0 Å². The van der Waals surface area contributed by atoms with E-state index in [-0.39, 0.29) is 29.2 Å². The second kappa shape index (κ2) is 14.8.